The highest BCUT2D eigenvalue weighted by Gasteiger charge is 2.49. The third kappa shape index (κ3) is 1.32. The van der Waals surface area contributed by atoms with E-state index in [0.29, 0.717) is 5.92 Å². The fourth-order valence-electron chi connectivity index (χ4n) is 3.68. The van der Waals surface area contributed by atoms with E-state index in [1.165, 1.54) is 25.9 Å². The molecule has 94 valence electrons. The molecule has 18 heavy (non-hydrogen) atoms. The minimum Gasteiger partial charge on any atom is -0.361 e. The highest BCUT2D eigenvalue weighted by atomic mass is 16.2. The molecule has 1 spiro atoms. The van der Waals surface area contributed by atoms with Gasteiger partial charge in [-0.1, -0.05) is 12.1 Å². The number of hydrogen-bond donors (Lipinski definition) is 2. The topological polar surface area (TPSA) is 44.4 Å². The van der Waals surface area contributed by atoms with Crippen LogP contribution in [0.15, 0.2) is 24.3 Å². The van der Waals surface area contributed by atoms with Crippen molar-refractivity contribution in [2.45, 2.75) is 18.5 Å². The number of nitrogens with one attached hydrogen (secondary N) is 2. The van der Waals surface area contributed by atoms with Crippen molar-refractivity contribution in [2.75, 3.05) is 25.0 Å². The molecule has 5 rings (SSSR count). The minimum absolute atomic E-state index is 0.0677. The molecule has 1 unspecified atom stereocenters. The quantitative estimate of drug-likeness (QED) is 0.721. The van der Waals surface area contributed by atoms with Crippen LogP contribution in [0.25, 0.3) is 0 Å². The van der Waals surface area contributed by atoms with Crippen molar-refractivity contribution in [1.82, 2.24) is 10.2 Å². The number of nitrogens with zero attached hydrogens (tertiary/aromatic N) is 1. The first-order valence-electron chi connectivity index (χ1n) is 6.69. The Balaban J connectivity index is 1.75. The van der Waals surface area contributed by atoms with Crippen LogP contribution in [0.2, 0.25) is 0 Å². The Morgan fingerprint density at radius 2 is 1.94 bits per heavy atom. The first-order valence-corrected chi connectivity index (χ1v) is 6.69. The second kappa shape index (κ2) is 3.48. The number of fused-ring (bicyclic) bond motifs is 3. The van der Waals surface area contributed by atoms with Crippen LogP contribution < -0.4 is 10.6 Å². The lowest BCUT2D eigenvalue weighted by Gasteiger charge is -2.55. The zero-order chi connectivity index (χ0) is 12.2. The molecule has 4 nitrogen and oxygen atoms in total. The summed E-state index contributed by atoms with van der Waals surface area (Å²) in [6, 6.07) is 7.79. The summed E-state index contributed by atoms with van der Waals surface area (Å²) in [6.07, 6.45) is 2.35. The average Bonchev–Trinajstić information content (AvgIpc) is 2.39. The molecule has 4 aliphatic heterocycles. The molecular formula is C14H17N3O. The minimum atomic E-state index is -0.234. The smallest absolute Gasteiger partial charge is 0.255 e. The van der Waals surface area contributed by atoms with Crippen LogP contribution in [0, 0.1) is 5.92 Å². The van der Waals surface area contributed by atoms with E-state index in [0.717, 1.165) is 17.8 Å². The van der Waals surface area contributed by atoms with Gasteiger partial charge in [0.25, 0.3) is 5.91 Å². The van der Waals surface area contributed by atoms with E-state index in [1.54, 1.807) is 0 Å². The molecule has 1 atom stereocenters. The lowest BCUT2D eigenvalue weighted by atomic mass is 9.77. The maximum absolute atomic E-state index is 12.3. The first-order chi connectivity index (χ1) is 8.77. The summed E-state index contributed by atoms with van der Waals surface area (Å²) >= 11 is 0. The second-order valence-corrected chi connectivity index (χ2v) is 5.65. The lowest BCUT2D eigenvalue weighted by Crippen LogP contribution is -2.72. The van der Waals surface area contributed by atoms with Crippen molar-refractivity contribution in [1.29, 1.82) is 0 Å². The van der Waals surface area contributed by atoms with Gasteiger partial charge in [-0.2, -0.15) is 0 Å². The van der Waals surface area contributed by atoms with Gasteiger partial charge in [0.05, 0.1) is 5.56 Å². The van der Waals surface area contributed by atoms with E-state index >= 15 is 0 Å². The average molecular weight is 243 g/mol. The molecule has 2 N–H and O–H groups in total. The van der Waals surface area contributed by atoms with Crippen LogP contribution in [0.1, 0.15) is 23.2 Å². The maximum Gasteiger partial charge on any atom is 0.255 e. The fourth-order valence-corrected chi connectivity index (χ4v) is 3.68. The van der Waals surface area contributed by atoms with Crippen molar-refractivity contribution < 1.29 is 4.79 Å². The van der Waals surface area contributed by atoms with Crippen LogP contribution in [0.5, 0.6) is 0 Å². The van der Waals surface area contributed by atoms with Crippen molar-refractivity contribution >= 4 is 11.6 Å². The number of benzene rings is 1. The van der Waals surface area contributed by atoms with Crippen LogP contribution in [-0.2, 0) is 0 Å². The molecule has 3 saturated heterocycles. The normalized spacial score (nSPS) is 37.0. The molecule has 1 amide bonds. The summed E-state index contributed by atoms with van der Waals surface area (Å²) in [5.41, 5.74) is 1.51. The van der Waals surface area contributed by atoms with Crippen molar-refractivity contribution in [2.24, 2.45) is 5.92 Å². The standard InChI is InChI=1S/C14H17N3O/c18-13-11-3-1-2-4-12(11)15-14(16-13)9-17-7-5-10(14)6-8-17/h1-4,10,15H,5-9H2,(H,16,18). The highest BCUT2D eigenvalue weighted by molar-refractivity contribution is 6.02. The second-order valence-electron chi connectivity index (χ2n) is 5.65. The van der Waals surface area contributed by atoms with Crippen LogP contribution in [-0.4, -0.2) is 36.1 Å². The van der Waals surface area contributed by atoms with Gasteiger partial charge in [0.2, 0.25) is 0 Å². The molecule has 1 aromatic rings. The molecule has 1 aromatic carbocycles. The lowest BCUT2D eigenvalue weighted by molar-refractivity contribution is 0.0194. The van der Waals surface area contributed by atoms with Crippen LogP contribution >= 0.6 is 0 Å². The van der Waals surface area contributed by atoms with Gasteiger partial charge in [0, 0.05) is 18.2 Å². The molecule has 0 aliphatic carbocycles. The number of piperidine rings is 3. The van der Waals surface area contributed by atoms with Crippen molar-refractivity contribution in [3.05, 3.63) is 29.8 Å². The van der Waals surface area contributed by atoms with E-state index in [-0.39, 0.29) is 11.6 Å². The summed E-state index contributed by atoms with van der Waals surface area (Å²) in [4.78, 5) is 14.7. The highest BCUT2D eigenvalue weighted by Crippen LogP contribution is 2.39. The Hall–Kier alpha value is -1.55. The summed E-state index contributed by atoms with van der Waals surface area (Å²) in [5.74, 6) is 0.623. The van der Waals surface area contributed by atoms with E-state index in [9.17, 15) is 4.79 Å². The van der Waals surface area contributed by atoms with Crippen LogP contribution in [0.3, 0.4) is 0 Å². The Kier molecular flexibility index (Phi) is 2.01. The Bertz CT molecular complexity index is 508. The molecule has 4 aliphatic rings. The summed E-state index contributed by atoms with van der Waals surface area (Å²) in [7, 11) is 0. The molecule has 4 heteroatoms. The summed E-state index contributed by atoms with van der Waals surface area (Å²) in [5, 5.41) is 6.83. The first kappa shape index (κ1) is 10.4. The van der Waals surface area contributed by atoms with E-state index in [4.69, 9.17) is 0 Å². The number of para-hydroxylation sites is 1. The van der Waals surface area contributed by atoms with Gasteiger partial charge in [-0.05, 0) is 38.1 Å². The number of rotatable bonds is 0. The van der Waals surface area contributed by atoms with E-state index in [2.05, 4.69) is 15.5 Å². The number of anilines is 1. The number of carbonyl (C=O) groups is 1. The molecule has 2 bridgehead atoms. The van der Waals surface area contributed by atoms with Crippen molar-refractivity contribution in [3.63, 3.8) is 0 Å². The van der Waals surface area contributed by atoms with Gasteiger partial charge < -0.3 is 10.6 Å². The van der Waals surface area contributed by atoms with Gasteiger partial charge in [-0.15, -0.1) is 0 Å². The number of hydrogen-bond acceptors (Lipinski definition) is 3. The van der Waals surface area contributed by atoms with Crippen molar-refractivity contribution in [3.8, 4) is 0 Å². The van der Waals surface area contributed by atoms with Crippen LogP contribution in [0.4, 0.5) is 5.69 Å². The monoisotopic (exact) mass is 243 g/mol. The van der Waals surface area contributed by atoms with Gasteiger partial charge in [-0.3, -0.25) is 9.69 Å². The van der Waals surface area contributed by atoms with Gasteiger partial charge in [0.15, 0.2) is 0 Å². The molecular weight excluding hydrogens is 226 g/mol. The number of carbonyl (C=O) groups excluding carboxylic acids is 1. The predicted molar refractivity (Wildman–Crippen MR) is 69.4 cm³/mol. The van der Waals surface area contributed by atoms with Gasteiger partial charge in [0.1, 0.15) is 5.66 Å². The fraction of sp³-hybridized carbons (Fsp3) is 0.500. The maximum atomic E-state index is 12.3. The number of amides is 1. The Morgan fingerprint density at radius 3 is 2.67 bits per heavy atom. The molecule has 0 radical (unpaired) electrons. The third-order valence-corrected chi connectivity index (χ3v) is 4.62. The SMILES string of the molecule is O=C1NC2(CN3CCC2CC3)Nc2ccccc21. The zero-order valence-corrected chi connectivity index (χ0v) is 10.3. The zero-order valence-electron chi connectivity index (χ0n) is 10.3. The van der Waals surface area contributed by atoms with E-state index < -0.39 is 0 Å². The van der Waals surface area contributed by atoms with Gasteiger partial charge >= 0.3 is 0 Å². The van der Waals surface area contributed by atoms with Gasteiger partial charge in [-0.25, -0.2) is 0 Å². The predicted octanol–water partition coefficient (Wildman–Crippen LogP) is 1.26. The molecule has 4 heterocycles. The Morgan fingerprint density at radius 1 is 1.17 bits per heavy atom. The molecule has 0 aromatic heterocycles. The third-order valence-electron chi connectivity index (χ3n) is 4.62. The molecule has 3 fully saturated rings. The summed E-state index contributed by atoms with van der Waals surface area (Å²) < 4.78 is 0. The Labute approximate surface area is 106 Å². The summed E-state index contributed by atoms with van der Waals surface area (Å²) in [6.45, 7) is 3.27. The largest absolute Gasteiger partial charge is 0.361 e. The van der Waals surface area contributed by atoms with E-state index in [1.807, 2.05) is 24.3 Å². The molecule has 0 saturated carbocycles.